The topological polar surface area (TPSA) is 180 Å². The Morgan fingerprint density at radius 2 is 1.49 bits per heavy atom. The standard InChI is InChI=1S/C27H44F2O11S/c1-16-3-18-5-20(30)11-24(7-16,9-18)15-39-22(14-40-26(28,29)27(33,34)41(35,36)37)13-38-23(32)25-8-17(2)4-19(10-25)6-21(31)12-25/h16-22,30-31,33-34H,3-15H2,1-2H3,(H,35,36,37). The van der Waals surface area contributed by atoms with E-state index in [0.29, 0.717) is 38.0 Å². The number of esters is 1. The highest BCUT2D eigenvalue weighted by Gasteiger charge is 2.63. The zero-order chi connectivity index (χ0) is 30.4. The van der Waals surface area contributed by atoms with Crippen molar-refractivity contribution in [2.75, 3.05) is 19.8 Å². The van der Waals surface area contributed by atoms with Gasteiger partial charge in [0.25, 0.3) is 0 Å². The average Bonchev–Trinajstić information content (AvgIpc) is 2.80. The number of carbonyl (C=O) groups excluding carboxylic acids is 1. The van der Waals surface area contributed by atoms with Crippen molar-refractivity contribution in [1.82, 2.24) is 0 Å². The van der Waals surface area contributed by atoms with E-state index in [1.165, 1.54) is 0 Å². The third-order valence-electron chi connectivity index (χ3n) is 9.55. The van der Waals surface area contributed by atoms with Crippen molar-refractivity contribution in [1.29, 1.82) is 0 Å². The molecule has 0 aromatic rings. The maximum atomic E-state index is 14.4. The summed E-state index contributed by atoms with van der Waals surface area (Å²) in [5, 5.41) is 34.7. The van der Waals surface area contributed by atoms with Crippen molar-refractivity contribution in [3.63, 3.8) is 0 Å². The van der Waals surface area contributed by atoms with Crippen LogP contribution in [0.2, 0.25) is 0 Å². The van der Waals surface area contributed by atoms with Crippen LogP contribution < -0.4 is 0 Å². The van der Waals surface area contributed by atoms with E-state index in [1.807, 2.05) is 6.92 Å². The number of fused-ring (bicyclic) bond motifs is 4. The molecular weight excluding hydrogens is 570 g/mol. The first-order valence-corrected chi connectivity index (χ1v) is 15.9. The normalized spacial score (nSPS) is 38.8. The minimum absolute atomic E-state index is 0.0205. The summed E-state index contributed by atoms with van der Waals surface area (Å²) in [5.74, 6) is 0.412. The average molecular weight is 615 g/mol. The van der Waals surface area contributed by atoms with Crippen LogP contribution in [0, 0.1) is 34.5 Å². The van der Waals surface area contributed by atoms with Crippen molar-refractivity contribution in [2.45, 2.75) is 108 Å². The van der Waals surface area contributed by atoms with Gasteiger partial charge in [-0.1, -0.05) is 13.8 Å². The monoisotopic (exact) mass is 614 g/mol. The predicted molar refractivity (Wildman–Crippen MR) is 139 cm³/mol. The number of hydrogen-bond acceptors (Lipinski definition) is 10. The lowest BCUT2D eigenvalue weighted by Crippen LogP contribution is -2.56. The molecule has 0 spiro atoms. The molecule has 0 saturated heterocycles. The predicted octanol–water partition coefficient (Wildman–Crippen LogP) is 2.21. The molecule has 4 aliphatic rings. The molecule has 4 aliphatic carbocycles. The third-order valence-corrected chi connectivity index (χ3v) is 10.5. The lowest BCUT2D eigenvalue weighted by atomic mass is 9.58. The quantitative estimate of drug-likeness (QED) is 0.131. The number of rotatable bonds is 11. The van der Waals surface area contributed by atoms with E-state index in [1.54, 1.807) is 0 Å². The minimum atomic E-state index is -6.06. The first kappa shape index (κ1) is 32.9. The first-order valence-electron chi connectivity index (χ1n) is 14.4. The van der Waals surface area contributed by atoms with E-state index in [4.69, 9.17) is 14.0 Å². The van der Waals surface area contributed by atoms with E-state index in [2.05, 4.69) is 11.7 Å². The lowest BCUT2D eigenvalue weighted by Gasteiger charge is -2.49. The van der Waals surface area contributed by atoms with Gasteiger partial charge in [0.05, 0.1) is 30.8 Å². The van der Waals surface area contributed by atoms with Crippen LogP contribution in [0.5, 0.6) is 0 Å². The number of halogens is 2. The van der Waals surface area contributed by atoms with E-state index >= 15 is 0 Å². The molecule has 0 aromatic carbocycles. The molecule has 14 heteroatoms. The van der Waals surface area contributed by atoms with Gasteiger partial charge in [0.15, 0.2) is 0 Å². The fraction of sp³-hybridized carbons (Fsp3) is 0.963. The van der Waals surface area contributed by atoms with Gasteiger partial charge in [-0.05, 0) is 93.3 Å². The van der Waals surface area contributed by atoms with Crippen LogP contribution >= 0.6 is 0 Å². The summed E-state index contributed by atoms with van der Waals surface area (Å²) >= 11 is 0. The number of ether oxygens (including phenoxy) is 3. The fourth-order valence-corrected chi connectivity index (χ4v) is 8.78. The van der Waals surface area contributed by atoms with Gasteiger partial charge in [-0.25, -0.2) is 0 Å². The Morgan fingerprint density at radius 1 is 0.902 bits per heavy atom. The second-order valence-corrected chi connectivity index (χ2v) is 15.2. The van der Waals surface area contributed by atoms with Crippen LogP contribution in [0.25, 0.3) is 0 Å². The summed E-state index contributed by atoms with van der Waals surface area (Å²) in [6.07, 6.45) is -1.44. The molecule has 0 heterocycles. The number of carbonyl (C=O) groups is 1. The Balaban J connectivity index is 1.48. The Morgan fingerprint density at radius 3 is 2.12 bits per heavy atom. The number of aliphatic hydroxyl groups excluding tert-OH is 2. The maximum Gasteiger partial charge on any atom is 0.428 e. The summed E-state index contributed by atoms with van der Waals surface area (Å²) in [6, 6.07) is 0. The molecular formula is C27H44F2O11S. The second kappa shape index (κ2) is 11.8. The van der Waals surface area contributed by atoms with Gasteiger partial charge in [0.1, 0.15) is 12.7 Å². The van der Waals surface area contributed by atoms with Crippen LogP contribution in [-0.4, -0.2) is 88.7 Å². The maximum absolute atomic E-state index is 14.4. The highest BCUT2D eigenvalue weighted by Crippen LogP contribution is 2.53. The largest absolute Gasteiger partial charge is 0.462 e. The fourth-order valence-electron chi connectivity index (χ4n) is 8.42. The van der Waals surface area contributed by atoms with Crippen LogP contribution in [0.15, 0.2) is 0 Å². The second-order valence-electron chi connectivity index (χ2n) is 13.6. The van der Waals surface area contributed by atoms with E-state index in [-0.39, 0.29) is 30.8 Å². The molecule has 4 saturated carbocycles. The first-order chi connectivity index (χ1) is 18.9. The summed E-state index contributed by atoms with van der Waals surface area (Å²) in [5.41, 5.74) is -1.38. The van der Waals surface area contributed by atoms with E-state index in [9.17, 15) is 42.4 Å². The molecule has 4 fully saturated rings. The highest BCUT2D eigenvalue weighted by molar-refractivity contribution is 7.86. The third kappa shape index (κ3) is 7.22. The summed E-state index contributed by atoms with van der Waals surface area (Å²) in [4.78, 5) is 13.4. The van der Waals surface area contributed by atoms with E-state index in [0.717, 1.165) is 25.7 Å². The molecule has 9 atom stereocenters. The van der Waals surface area contributed by atoms with Crippen molar-refractivity contribution < 1.29 is 61.2 Å². The van der Waals surface area contributed by atoms with Gasteiger partial charge in [-0.2, -0.15) is 17.2 Å². The van der Waals surface area contributed by atoms with Gasteiger partial charge in [-0.3, -0.25) is 9.35 Å². The Labute approximate surface area is 239 Å². The van der Waals surface area contributed by atoms with Gasteiger partial charge in [-0.15, -0.1) is 0 Å². The summed E-state index contributed by atoms with van der Waals surface area (Å²) in [6.45, 7) is 2.47. The smallest absolute Gasteiger partial charge is 0.428 e. The van der Waals surface area contributed by atoms with Gasteiger partial charge in [0, 0.05) is 0 Å². The van der Waals surface area contributed by atoms with Gasteiger partial charge < -0.3 is 34.6 Å². The summed E-state index contributed by atoms with van der Waals surface area (Å²) in [7, 11) is -6.06. The summed E-state index contributed by atoms with van der Waals surface area (Å²) < 4.78 is 75.8. The van der Waals surface area contributed by atoms with Crippen LogP contribution in [0.4, 0.5) is 8.78 Å². The van der Waals surface area contributed by atoms with Crippen LogP contribution in [0.1, 0.15) is 78.1 Å². The highest BCUT2D eigenvalue weighted by atomic mass is 32.2. The molecule has 41 heavy (non-hydrogen) atoms. The van der Waals surface area contributed by atoms with Gasteiger partial charge >= 0.3 is 27.3 Å². The molecule has 11 nitrogen and oxygen atoms in total. The van der Waals surface area contributed by atoms with E-state index < -0.39 is 69.7 Å². The van der Waals surface area contributed by atoms with Crippen molar-refractivity contribution in [3.05, 3.63) is 0 Å². The Hall–Kier alpha value is -1.00. The SMILES string of the molecule is CC1CC2CC(O)CC(COC(COC(=O)C34CC(C)CC(CC(O)C3)C4)COC(F)(F)C(O)(O)S(=O)(=O)O)(C1)C2. The molecule has 0 aromatic heterocycles. The number of aliphatic hydroxyl groups is 4. The molecule has 0 aliphatic heterocycles. The number of hydrogen-bond donors (Lipinski definition) is 5. The Bertz CT molecular complexity index is 1010. The molecule has 4 bridgehead atoms. The lowest BCUT2D eigenvalue weighted by molar-refractivity contribution is -0.366. The van der Waals surface area contributed by atoms with Crippen molar-refractivity contribution >= 4 is 16.1 Å². The zero-order valence-electron chi connectivity index (χ0n) is 23.6. The van der Waals surface area contributed by atoms with Crippen molar-refractivity contribution in [3.8, 4) is 0 Å². The molecule has 5 N–H and O–H groups in total. The number of alkyl halides is 2. The zero-order valence-corrected chi connectivity index (χ0v) is 24.4. The van der Waals surface area contributed by atoms with Crippen LogP contribution in [0.3, 0.4) is 0 Å². The molecule has 9 unspecified atom stereocenters. The van der Waals surface area contributed by atoms with Gasteiger partial charge in [0.2, 0.25) is 0 Å². The molecule has 0 radical (unpaired) electrons. The van der Waals surface area contributed by atoms with Crippen LogP contribution in [-0.2, 0) is 29.1 Å². The molecule has 0 amide bonds. The minimum Gasteiger partial charge on any atom is -0.462 e. The van der Waals surface area contributed by atoms with Crippen molar-refractivity contribution in [2.24, 2.45) is 34.5 Å². The Kier molecular flexibility index (Phi) is 9.49. The molecule has 4 rings (SSSR count). The molecule has 238 valence electrons.